The SMILES string of the molecule is Cc1ccc(C)c(OCCO/N=C(\N)c2cccs2)c1. The number of aryl methyl sites for hydroxylation is 2. The lowest BCUT2D eigenvalue weighted by Gasteiger charge is -2.09. The Labute approximate surface area is 122 Å². The highest BCUT2D eigenvalue weighted by Crippen LogP contribution is 2.18. The van der Waals surface area contributed by atoms with Gasteiger partial charge in [0.1, 0.15) is 12.4 Å². The van der Waals surface area contributed by atoms with Crippen LogP contribution in [0, 0.1) is 13.8 Å². The molecule has 0 saturated carbocycles. The molecule has 0 aliphatic carbocycles. The van der Waals surface area contributed by atoms with Crippen molar-refractivity contribution in [1.82, 2.24) is 0 Å². The zero-order chi connectivity index (χ0) is 14.4. The van der Waals surface area contributed by atoms with Gasteiger partial charge in [0.15, 0.2) is 12.4 Å². The molecule has 0 atom stereocenters. The maximum atomic E-state index is 5.77. The van der Waals surface area contributed by atoms with E-state index in [1.807, 2.05) is 43.5 Å². The third kappa shape index (κ3) is 3.99. The number of ether oxygens (including phenoxy) is 1. The number of thiophene rings is 1. The number of hydrogen-bond acceptors (Lipinski definition) is 4. The first kappa shape index (κ1) is 14.4. The van der Waals surface area contributed by atoms with Crippen molar-refractivity contribution in [2.24, 2.45) is 10.9 Å². The van der Waals surface area contributed by atoms with Crippen LogP contribution in [-0.2, 0) is 4.84 Å². The zero-order valence-electron chi connectivity index (χ0n) is 11.6. The lowest BCUT2D eigenvalue weighted by molar-refractivity contribution is 0.107. The van der Waals surface area contributed by atoms with Gasteiger partial charge in [-0.3, -0.25) is 0 Å². The van der Waals surface area contributed by atoms with Crippen LogP contribution in [0.3, 0.4) is 0 Å². The molecule has 20 heavy (non-hydrogen) atoms. The van der Waals surface area contributed by atoms with Crippen molar-refractivity contribution in [1.29, 1.82) is 0 Å². The molecule has 0 fully saturated rings. The number of rotatable bonds is 6. The summed E-state index contributed by atoms with van der Waals surface area (Å²) in [5.41, 5.74) is 8.05. The first-order chi connectivity index (χ1) is 9.66. The van der Waals surface area contributed by atoms with Crippen LogP contribution < -0.4 is 10.5 Å². The monoisotopic (exact) mass is 290 g/mol. The summed E-state index contributed by atoms with van der Waals surface area (Å²) in [6.07, 6.45) is 0. The average Bonchev–Trinajstić information content (AvgIpc) is 2.96. The van der Waals surface area contributed by atoms with Crippen LogP contribution in [0.4, 0.5) is 0 Å². The normalized spacial score (nSPS) is 11.4. The highest BCUT2D eigenvalue weighted by Gasteiger charge is 2.01. The van der Waals surface area contributed by atoms with Gasteiger partial charge in [0, 0.05) is 0 Å². The third-order valence-electron chi connectivity index (χ3n) is 2.71. The van der Waals surface area contributed by atoms with Crippen LogP contribution in [0.15, 0.2) is 40.9 Å². The second-order valence-electron chi connectivity index (χ2n) is 4.40. The predicted molar refractivity (Wildman–Crippen MR) is 82.4 cm³/mol. The lowest BCUT2D eigenvalue weighted by atomic mass is 10.1. The average molecular weight is 290 g/mol. The minimum absolute atomic E-state index is 0.361. The Morgan fingerprint density at radius 1 is 1.25 bits per heavy atom. The highest BCUT2D eigenvalue weighted by atomic mass is 32.1. The molecule has 2 aromatic rings. The molecule has 2 N–H and O–H groups in total. The molecule has 1 aromatic carbocycles. The maximum absolute atomic E-state index is 5.77. The number of amidine groups is 1. The van der Waals surface area contributed by atoms with Crippen molar-refractivity contribution in [2.45, 2.75) is 13.8 Å². The zero-order valence-corrected chi connectivity index (χ0v) is 12.4. The minimum atomic E-state index is 0.361. The predicted octanol–water partition coefficient (Wildman–Crippen LogP) is 3.08. The van der Waals surface area contributed by atoms with E-state index in [-0.39, 0.29) is 0 Å². The second kappa shape index (κ2) is 6.96. The summed E-state index contributed by atoms with van der Waals surface area (Å²) in [5, 5.41) is 5.81. The van der Waals surface area contributed by atoms with Crippen molar-refractivity contribution in [3.05, 3.63) is 51.7 Å². The second-order valence-corrected chi connectivity index (χ2v) is 5.35. The first-order valence-corrected chi connectivity index (χ1v) is 7.24. The van der Waals surface area contributed by atoms with E-state index in [0.29, 0.717) is 19.0 Å². The van der Waals surface area contributed by atoms with E-state index in [1.54, 1.807) is 0 Å². The molecule has 0 unspecified atom stereocenters. The Balaban J connectivity index is 1.77. The topological polar surface area (TPSA) is 56.8 Å². The minimum Gasteiger partial charge on any atom is -0.490 e. The van der Waals surface area contributed by atoms with Gasteiger partial charge in [0.05, 0.1) is 4.88 Å². The van der Waals surface area contributed by atoms with Crippen LogP contribution in [0.2, 0.25) is 0 Å². The molecule has 0 spiro atoms. The van der Waals surface area contributed by atoms with Crippen molar-refractivity contribution in [3.63, 3.8) is 0 Å². The molecule has 0 aliphatic heterocycles. The van der Waals surface area contributed by atoms with Crippen molar-refractivity contribution in [2.75, 3.05) is 13.2 Å². The number of benzene rings is 1. The van der Waals surface area contributed by atoms with Crippen LogP contribution in [0.1, 0.15) is 16.0 Å². The Morgan fingerprint density at radius 2 is 2.10 bits per heavy atom. The van der Waals surface area contributed by atoms with E-state index in [4.69, 9.17) is 15.3 Å². The molecule has 5 heteroatoms. The van der Waals surface area contributed by atoms with Gasteiger partial charge in [-0.2, -0.15) is 0 Å². The quantitative estimate of drug-likeness (QED) is 0.385. The fourth-order valence-corrected chi connectivity index (χ4v) is 2.26. The number of nitrogens with two attached hydrogens (primary N) is 1. The van der Waals surface area contributed by atoms with Crippen molar-refractivity contribution >= 4 is 17.2 Å². The molecule has 0 saturated heterocycles. The standard InChI is InChI=1S/C15H18N2O2S/c1-11-5-6-12(2)13(10-11)18-7-8-19-17-15(16)14-4-3-9-20-14/h3-6,9-10H,7-8H2,1-2H3,(H2,16,17). The summed E-state index contributed by atoms with van der Waals surface area (Å²) in [4.78, 5) is 6.06. The highest BCUT2D eigenvalue weighted by molar-refractivity contribution is 7.12. The molecule has 1 heterocycles. The van der Waals surface area contributed by atoms with Crippen molar-refractivity contribution in [3.8, 4) is 5.75 Å². The Morgan fingerprint density at radius 3 is 2.85 bits per heavy atom. The van der Waals surface area contributed by atoms with Crippen LogP contribution >= 0.6 is 11.3 Å². The summed E-state index contributed by atoms with van der Waals surface area (Å²) in [6.45, 7) is 4.85. The van der Waals surface area contributed by atoms with Gasteiger partial charge in [0.25, 0.3) is 0 Å². The van der Waals surface area contributed by atoms with Crippen LogP contribution in [0.25, 0.3) is 0 Å². The maximum Gasteiger partial charge on any atom is 0.180 e. The van der Waals surface area contributed by atoms with Gasteiger partial charge in [0.2, 0.25) is 0 Å². The molecule has 1 aromatic heterocycles. The molecule has 0 aliphatic rings. The van der Waals surface area contributed by atoms with Crippen molar-refractivity contribution < 1.29 is 9.57 Å². The summed E-state index contributed by atoms with van der Waals surface area (Å²) in [6, 6.07) is 9.94. The van der Waals surface area contributed by atoms with Gasteiger partial charge in [-0.15, -0.1) is 11.3 Å². The van der Waals surface area contributed by atoms with E-state index in [2.05, 4.69) is 11.2 Å². The van der Waals surface area contributed by atoms with Gasteiger partial charge in [-0.1, -0.05) is 23.4 Å². The summed E-state index contributed by atoms with van der Waals surface area (Å²) >= 11 is 1.53. The molecule has 0 bridgehead atoms. The number of nitrogens with zero attached hydrogens (tertiary/aromatic N) is 1. The van der Waals surface area contributed by atoms with Gasteiger partial charge in [-0.25, -0.2) is 0 Å². The molecule has 0 amide bonds. The Kier molecular flexibility index (Phi) is 5.01. The largest absolute Gasteiger partial charge is 0.490 e. The fourth-order valence-electron chi connectivity index (χ4n) is 1.64. The summed E-state index contributed by atoms with van der Waals surface area (Å²) in [5.74, 6) is 1.27. The van der Waals surface area contributed by atoms with Crippen LogP contribution in [0.5, 0.6) is 5.75 Å². The fraction of sp³-hybridized carbons (Fsp3) is 0.267. The van der Waals surface area contributed by atoms with E-state index in [9.17, 15) is 0 Å². The Hall–Kier alpha value is -2.01. The van der Waals surface area contributed by atoms with E-state index in [0.717, 1.165) is 16.2 Å². The summed E-state index contributed by atoms with van der Waals surface area (Å²) < 4.78 is 5.66. The van der Waals surface area contributed by atoms with E-state index in [1.165, 1.54) is 16.9 Å². The molecule has 2 rings (SSSR count). The molecular formula is C15H18N2O2S. The molecule has 4 nitrogen and oxygen atoms in total. The molecule has 0 radical (unpaired) electrons. The number of oxime groups is 1. The lowest BCUT2D eigenvalue weighted by Crippen LogP contribution is -2.13. The molecule has 106 valence electrons. The first-order valence-electron chi connectivity index (χ1n) is 6.36. The van der Waals surface area contributed by atoms with Gasteiger partial charge >= 0.3 is 0 Å². The summed E-state index contributed by atoms with van der Waals surface area (Å²) in [7, 11) is 0. The van der Waals surface area contributed by atoms with Crippen LogP contribution in [-0.4, -0.2) is 19.0 Å². The van der Waals surface area contributed by atoms with Gasteiger partial charge < -0.3 is 15.3 Å². The third-order valence-corrected chi connectivity index (χ3v) is 3.60. The smallest absolute Gasteiger partial charge is 0.180 e. The van der Waals surface area contributed by atoms with E-state index < -0.39 is 0 Å². The molecular weight excluding hydrogens is 272 g/mol. The Bertz CT molecular complexity index is 580. The van der Waals surface area contributed by atoms with Gasteiger partial charge in [-0.05, 0) is 42.5 Å². The number of hydrogen-bond donors (Lipinski definition) is 1. The van der Waals surface area contributed by atoms with E-state index >= 15 is 0 Å².